The van der Waals surface area contributed by atoms with E-state index in [-0.39, 0.29) is 0 Å². The van der Waals surface area contributed by atoms with Gasteiger partial charge in [-0.05, 0) is 67.8 Å². The molecule has 0 saturated heterocycles. The van der Waals surface area contributed by atoms with Gasteiger partial charge in [-0.3, -0.25) is 0 Å². The summed E-state index contributed by atoms with van der Waals surface area (Å²) in [6.07, 6.45) is 2.45. The van der Waals surface area contributed by atoms with E-state index >= 15 is 0 Å². The van der Waals surface area contributed by atoms with Crippen molar-refractivity contribution in [1.29, 1.82) is 0 Å². The van der Waals surface area contributed by atoms with Crippen LogP contribution in [0.2, 0.25) is 0 Å². The van der Waals surface area contributed by atoms with Crippen molar-refractivity contribution in [3.63, 3.8) is 0 Å². The molecule has 3 aromatic rings. The van der Waals surface area contributed by atoms with E-state index in [4.69, 9.17) is 14.5 Å². The molecule has 0 radical (unpaired) electrons. The molecule has 0 N–H and O–H groups in total. The van der Waals surface area contributed by atoms with Crippen molar-refractivity contribution in [3.8, 4) is 11.5 Å². The summed E-state index contributed by atoms with van der Waals surface area (Å²) in [5.74, 6) is 2.08. The van der Waals surface area contributed by atoms with Crippen molar-refractivity contribution in [2.24, 2.45) is 4.99 Å². The van der Waals surface area contributed by atoms with Crippen LogP contribution in [-0.2, 0) is 0 Å². The zero-order valence-corrected chi connectivity index (χ0v) is 16.6. The molecule has 0 bridgehead atoms. The number of hydrogen-bond donors (Lipinski definition) is 0. The lowest BCUT2D eigenvalue weighted by molar-refractivity contribution is 0.471. The fraction of sp³-hybridized carbons (Fsp3) is 0.160. The maximum atomic E-state index is 6.17. The van der Waals surface area contributed by atoms with Crippen LogP contribution >= 0.6 is 0 Å². The van der Waals surface area contributed by atoms with Crippen molar-refractivity contribution in [2.75, 3.05) is 0 Å². The number of aryl methyl sites for hydroxylation is 2. The van der Waals surface area contributed by atoms with Gasteiger partial charge in [0.25, 0.3) is 0 Å². The third-order valence-corrected chi connectivity index (χ3v) is 4.17. The summed E-state index contributed by atoms with van der Waals surface area (Å²) in [6, 6.07) is 25.7. The van der Waals surface area contributed by atoms with Crippen LogP contribution < -0.4 is 9.47 Å². The van der Waals surface area contributed by atoms with Gasteiger partial charge in [-0.1, -0.05) is 49.4 Å². The molecule has 0 aromatic heterocycles. The minimum Gasteiger partial charge on any atom is -0.465 e. The van der Waals surface area contributed by atoms with Crippen LogP contribution in [0.1, 0.15) is 24.5 Å². The molecule has 0 heterocycles. The number of hydrogen-bond acceptors (Lipinski definition) is 3. The Morgan fingerprint density at radius 1 is 0.821 bits per heavy atom. The highest BCUT2D eigenvalue weighted by Crippen LogP contribution is 2.21. The Kier molecular flexibility index (Phi) is 6.64. The van der Waals surface area contributed by atoms with Crippen LogP contribution in [0.25, 0.3) is 0 Å². The molecule has 0 aliphatic heterocycles. The minimum atomic E-state index is 0.534. The molecular weight excluding hydrogens is 346 g/mol. The molecule has 0 aliphatic carbocycles. The maximum Gasteiger partial charge on any atom is 0.226 e. The summed E-state index contributed by atoms with van der Waals surface area (Å²) in [6.45, 7) is 6.14. The van der Waals surface area contributed by atoms with Crippen LogP contribution in [-0.4, -0.2) is 5.90 Å². The summed E-state index contributed by atoms with van der Waals surface area (Å²) in [7, 11) is 0. The number of ether oxygens (including phenoxy) is 2. The van der Waals surface area contributed by atoms with E-state index < -0.39 is 0 Å². The second-order valence-corrected chi connectivity index (χ2v) is 6.60. The van der Waals surface area contributed by atoms with Crippen molar-refractivity contribution in [2.45, 2.75) is 27.2 Å². The molecular formula is C25H25NO2. The first-order valence-electron chi connectivity index (χ1n) is 9.45. The first-order valence-corrected chi connectivity index (χ1v) is 9.45. The van der Waals surface area contributed by atoms with Gasteiger partial charge < -0.3 is 9.47 Å². The summed E-state index contributed by atoms with van der Waals surface area (Å²) in [4.78, 5) is 4.73. The standard InChI is InChI=1S/C25H25NO2/c1-4-21(18-27-23-14-8-10-19(2)16-23)25(26-22-12-6-5-7-13-22)28-24-15-9-11-20(3)17-24/h5-18H,4H2,1-3H3/b21-18?,26-25+. The highest BCUT2D eigenvalue weighted by molar-refractivity contribution is 5.96. The fourth-order valence-electron chi connectivity index (χ4n) is 2.68. The Balaban J connectivity index is 1.93. The third-order valence-electron chi connectivity index (χ3n) is 4.17. The number of rotatable bonds is 6. The molecule has 0 spiro atoms. The number of para-hydroxylation sites is 1. The van der Waals surface area contributed by atoms with Gasteiger partial charge in [-0.15, -0.1) is 0 Å². The molecule has 28 heavy (non-hydrogen) atoms. The number of aliphatic imine (C=N–C) groups is 1. The summed E-state index contributed by atoms with van der Waals surface area (Å²) < 4.78 is 12.1. The van der Waals surface area contributed by atoms with Gasteiger partial charge in [0.1, 0.15) is 11.5 Å². The van der Waals surface area contributed by atoms with Gasteiger partial charge >= 0.3 is 0 Å². The van der Waals surface area contributed by atoms with Crippen molar-refractivity contribution in [1.82, 2.24) is 0 Å². The van der Waals surface area contributed by atoms with E-state index in [0.717, 1.165) is 40.3 Å². The molecule has 3 heteroatoms. The Morgan fingerprint density at radius 3 is 2.11 bits per heavy atom. The topological polar surface area (TPSA) is 30.8 Å². The summed E-state index contributed by atoms with van der Waals surface area (Å²) >= 11 is 0. The van der Waals surface area contributed by atoms with Crippen LogP contribution in [0.4, 0.5) is 5.69 Å². The van der Waals surface area contributed by atoms with E-state index in [0.29, 0.717) is 5.90 Å². The van der Waals surface area contributed by atoms with E-state index in [1.807, 2.05) is 92.7 Å². The normalized spacial score (nSPS) is 12.0. The molecule has 0 aliphatic rings. The van der Waals surface area contributed by atoms with E-state index in [9.17, 15) is 0 Å². The lowest BCUT2D eigenvalue weighted by atomic mass is 10.2. The lowest BCUT2D eigenvalue weighted by Gasteiger charge is -2.12. The smallest absolute Gasteiger partial charge is 0.226 e. The average Bonchev–Trinajstić information content (AvgIpc) is 2.69. The van der Waals surface area contributed by atoms with Gasteiger partial charge in [0.2, 0.25) is 5.90 Å². The molecule has 142 valence electrons. The van der Waals surface area contributed by atoms with E-state index in [2.05, 4.69) is 6.92 Å². The zero-order chi connectivity index (χ0) is 19.8. The minimum absolute atomic E-state index is 0.534. The number of benzene rings is 3. The molecule has 3 nitrogen and oxygen atoms in total. The Bertz CT molecular complexity index is 975. The van der Waals surface area contributed by atoms with E-state index in [1.54, 1.807) is 6.26 Å². The zero-order valence-electron chi connectivity index (χ0n) is 16.6. The molecule has 0 unspecified atom stereocenters. The average molecular weight is 371 g/mol. The van der Waals surface area contributed by atoms with Crippen molar-refractivity contribution < 1.29 is 9.47 Å². The quantitative estimate of drug-likeness (QED) is 0.271. The number of nitrogens with zero attached hydrogens (tertiary/aromatic N) is 1. The Labute approximate surface area is 167 Å². The van der Waals surface area contributed by atoms with Crippen LogP contribution in [0.15, 0.2) is 95.7 Å². The van der Waals surface area contributed by atoms with Crippen LogP contribution in [0, 0.1) is 13.8 Å². The van der Waals surface area contributed by atoms with Crippen molar-refractivity contribution >= 4 is 11.6 Å². The van der Waals surface area contributed by atoms with Crippen LogP contribution in [0.3, 0.4) is 0 Å². The van der Waals surface area contributed by atoms with E-state index in [1.165, 1.54) is 0 Å². The second-order valence-electron chi connectivity index (χ2n) is 6.60. The van der Waals surface area contributed by atoms with Gasteiger partial charge in [-0.25, -0.2) is 4.99 Å². The maximum absolute atomic E-state index is 6.17. The molecule has 3 rings (SSSR count). The Hall–Kier alpha value is -3.33. The largest absolute Gasteiger partial charge is 0.465 e. The Morgan fingerprint density at radius 2 is 1.46 bits per heavy atom. The van der Waals surface area contributed by atoms with Crippen LogP contribution in [0.5, 0.6) is 11.5 Å². The summed E-state index contributed by atoms with van der Waals surface area (Å²) in [5.41, 5.74) is 4.00. The first-order chi connectivity index (χ1) is 13.6. The predicted molar refractivity (Wildman–Crippen MR) is 116 cm³/mol. The van der Waals surface area contributed by atoms with Crippen molar-refractivity contribution in [3.05, 3.63) is 102 Å². The second kappa shape index (κ2) is 9.56. The molecule has 0 atom stereocenters. The SMILES string of the molecule is CCC(=COc1cccc(C)c1)/C(=N\c1ccccc1)Oc1cccc(C)c1. The predicted octanol–water partition coefficient (Wildman–Crippen LogP) is 6.79. The summed E-state index contributed by atoms with van der Waals surface area (Å²) in [5, 5.41) is 0. The molecule has 3 aromatic carbocycles. The molecule has 0 saturated carbocycles. The molecule has 0 amide bonds. The van der Waals surface area contributed by atoms with Gasteiger partial charge in [0.05, 0.1) is 11.9 Å². The fourth-order valence-corrected chi connectivity index (χ4v) is 2.68. The van der Waals surface area contributed by atoms with Gasteiger partial charge in [0, 0.05) is 5.57 Å². The molecule has 0 fully saturated rings. The third kappa shape index (κ3) is 5.58. The highest BCUT2D eigenvalue weighted by Gasteiger charge is 2.11. The first kappa shape index (κ1) is 19.4. The highest BCUT2D eigenvalue weighted by atomic mass is 16.5. The van der Waals surface area contributed by atoms with Gasteiger partial charge in [-0.2, -0.15) is 0 Å². The lowest BCUT2D eigenvalue weighted by Crippen LogP contribution is -2.12. The monoisotopic (exact) mass is 371 g/mol. The van der Waals surface area contributed by atoms with Gasteiger partial charge in [0.15, 0.2) is 0 Å².